The number of carbonyl (C=O) groups is 1. The highest BCUT2D eigenvalue weighted by atomic mass is 16.5. The minimum atomic E-state index is -0.183. The van der Waals surface area contributed by atoms with Gasteiger partial charge < -0.3 is 14.8 Å². The van der Waals surface area contributed by atoms with Crippen LogP contribution in [0.5, 0.6) is 11.5 Å². The quantitative estimate of drug-likeness (QED) is 0.629. The Balaban J connectivity index is 1.85. The lowest BCUT2D eigenvalue weighted by Crippen LogP contribution is -2.12. The number of aromatic nitrogens is 1. The number of pyridine rings is 1. The summed E-state index contributed by atoms with van der Waals surface area (Å²) in [4.78, 5) is 17.0. The normalized spacial score (nSPS) is 10.5. The summed E-state index contributed by atoms with van der Waals surface area (Å²) in [5.41, 5.74) is 2.01. The van der Waals surface area contributed by atoms with Crippen molar-refractivity contribution in [1.82, 2.24) is 4.98 Å². The fourth-order valence-electron chi connectivity index (χ4n) is 2.64. The van der Waals surface area contributed by atoms with Crippen molar-refractivity contribution in [2.75, 3.05) is 19.0 Å². The molecule has 0 aliphatic rings. The Kier molecular flexibility index (Phi) is 5.69. The van der Waals surface area contributed by atoms with Crippen LogP contribution in [0, 0.1) is 0 Å². The van der Waals surface area contributed by atoms with Gasteiger partial charge in [0.25, 0.3) is 5.91 Å². The Hall–Kier alpha value is -3.08. The third-order valence-electron chi connectivity index (χ3n) is 4.09. The minimum absolute atomic E-state index is 0.183. The molecule has 5 heteroatoms. The first kappa shape index (κ1) is 17.7. The van der Waals surface area contributed by atoms with Crippen molar-refractivity contribution in [3.05, 3.63) is 60.3 Å². The predicted octanol–water partition coefficient (Wildman–Crippen LogP) is 4.67. The summed E-state index contributed by atoms with van der Waals surface area (Å²) < 4.78 is 11.0. The SMILES string of the molecule is CCCCOc1ccc(NC(=O)c2ccc(OC)cc2)c2cccnc12. The molecule has 0 unspecified atom stereocenters. The lowest BCUT2D eigenvalue weighted by Gasteiger charge is -2.12. The van der Waals surface area contributed by atoms with Crippen LogP contribution in [0.15, 0.2) is 54.7 Å². The van der Waals surface area contributed by atoms with Crippen LogP contribution < -0.4 is 14.8 Å². The second-order valence-corrected chi connectivity index (χ2v) is 5.90. The number of hydrogen-bond acceptors (Lipinski definition) is 4. The fourth-order valence-corrected chi connectivity index (χ4v) is 2.64. The van der Waals surface area contributed by atoms with Crippen molar-refractivity contribution < 1.29 is 14.3 Å². The van der Waals surface area contributed by atoms with Gasteiger partial charge in [0.05, 0.1) is 19.4 Å². The van der Waals surface area contributed by atoms with E-state index in [-0.39, 0.29) is 5.91 Å². The van der Waals surface area contributed by atoms with Gasteiger partial charge >= 0.3 is 0 Å². The van der Waals surface area contributed by atoms with E-state index >= 15 is 0 Å². The van der Waals surface area contributed by atoms with Crippen LogP contribution in [0.4, 0.5) is 5.69 Å². The summed E-state index contributed by atoms with van der Waals surface area (Å²) in [6, 6.07) is 14.5. The number of carbonyl (C=O) groups excluding carboxylic acids is 1. The van der Waals surface area contributed by atoms with E-state index in [4.69, 9.17) is 9.47 Å². The molecule has 0 bridgehead atoms. The molecule has 1 N–H and O–H groups in total. The second kappa shape index (κ2) is 8.34. The number of nitrogens with one attached hydrogen (secondary N) is 1. The van der Waals surface area contributed by atoms with Gasteiger partial charge in [0.1, 0.15) is 17.0 Å². The van der Waals surface area contributed by atoms with Crippen LogP contribution in [-0.2, 0) is 0 Å². The number of anilines is 1. The van der Waals surface area contributed by atoms with E-state index in [1.807, 2.05) is 24.3 Å². The molecular formula is C21H22N2O3. The van der Waals surface area contributed by atoms with Gasteiger partial charge in [-0.15, -0.1) is 0 Å². The Bertz CT molecular complexity index is 891. The molecule has 2 aromatic carbocycles. The highest BCUT2D eigenvalue weighted by Gasteiger charge is 2.12. The number of hydrogen-bond donors (Lipinski definition) is 1. The minimum Gasteiger partial charge on any atom is -0.497 e. The third kappa shape index (κ3) is 3.94. The molecule has 0 spiro atoms. The van der Waals surface area contributed by atoms with Crippen molar-refractivity contribution in [2.24, 2.45) is 0 Å². The predicted molar refractivity (Wildman–Crippen MR) is 103 cm³/mol. The smallest absolute Gasteiger partial charge is 0.255 e. The summed E-state index contributed by atoms with van der Waals surface area (Å²) in [6.45, 7) is 2.78. The number of fused-ring (bicyclic) bond motifs is 1. The van der Waals surface area contributed by atoms with Crippen LogP contribution in [0.3, 0.4) is 0 Å². The average Bonchev–Trinajstić information content (AvgIpc) is 2.69. The zero-order valence-electron chi connectivity index (χ0n) is 15.0. The first-order valence-electron chi connectivity index (χ1n) is 8.69. The van der Waals surface area contributed by atoms with Crippen LogP contribution in [0.2, 0.25) is 0 Å². The van der Waals surface area contributed by atoms with Gasteiger partial charge in [0.15, 0.2) is 0 Å². The molecule has 0 radical (unpaired) electrons. The first-order chi connectivity index (χ1) is 12.7. The maximum atomic E-state index is 12.5. The van der Waals surface area contributed by atoms with Gasteiger partial charge in [-0.1, -0.05) is 13.3 Å². The van der Waals surface area contributed by atoms with Gasteiger partial charge in [0.2, 0.25) is 0 Å². The summed E-state index contributed by atoms with van der Waals surface area (Å²) in [6.07, 6.45) is 3.79. The van der Waals surface area contributed by atoms with E-state index in [1.165, 1.54) is 0 Å². The molecule has 1 amide bonds. The Morgan fingerprint density at radius 3 is 2.65 bits per heavy atom. The van der Waals surface area contributed by atoms with Gasteiger partial charge in [-0.05, 0) is 55.0 Å². The first-order valence-corrected chi connectivity index (χ1v) is 8.69. The molecule has 5 nitrogen and oxygen atoms in total. The summed E-state index contributed by atoms with van der Waals surface area (Å²) in [5, 5.41) is 3.81. The van der Waals surface area contributed by atoms with E-state index in [9.17, 15) is 4.79 Å². The number of amides is 1. The highest BCUT2D eigenvalue weighted by molar-refractivity contribution is 6.09. The zero-order chi connectivity index (χ0) is 18.4. The number of nitrogens with zero attached hydrogens (tertiary/aromatic N) is 1. The lowest BCUT2D eigenvalue weighted by atomic mass is 10.1. The van der Waals surface area contributed by atoms with Gasteiger partial charge in [-0.25, -0.2) is 0 Å². The molecule has 0 aliphatic heterocycles. The van der Waals surface area contributed by atoms with Crippen molar-refractivity contribution in [3.8, 4) is 11.5 Å². The highest BCUT2D eigenvalue weighted by Crippen LogP contribution is 2.30. The van der Waals surface area contributed by atoms with Crippen LogP contribution in [-0.4, -0.2) is 24.6 Å². The standard InChI is InChI=1S/C21H22N2O3/c1-3-4-14-26-19-12-11-18(17-6-5-13-22-20(17)19)23-21(24)15-7-9-16(25-2)10-8-15/h5-13H,3-4,14H2,1-2H3,(H,23,24). The molecule has 1 aromatic heterocycles. The number of methoxy groups -OCH3 is 1. The molecule has 3 aromatic rings. The average molecular weight is 350 g/mol. The molecule has 0 saturated carbocycles. The molecular weight excluding hydrogens is 328 g/mol. The van der Waals surface area contributed by atoms with Crippen LogP contribution in [0.25, 0.3) is 10.9 Å². The molecule has 1 heterocycles. The molecule has 0 aliphatic carbocycles. The zero-order valence-corrected chi connectivity index (χ0v) is 15.0. The molecule has 0 fully saturated rings. The molecule has 0 saturated heterocycles. The van der Waals surface area contributed by atoms with E-state index < -0.39 is 0 Å². The van der Waals surface area contributed by atoms with Crippen LogP contribution in [0.1, 0.15) is 30.1 Å². The second-order valence-electron chi connectivity index (χ2n) is 5.90. The summed E-state index contributed by atoms with van der Waals surface area (Å²) >= 11 is 0. The number of ether oxygens (including phenoxy) is 2. The summed E-state index contributed by atoms with van der Waals surface area (Å²) in [7, 11) is 1.60. The van der Waals surface area contributed by atoms with Crippen molar-refractivity contribution >= 4 is 22.5 Å². The Morgan fingerprint density at radius 2 is 1.92 bits per heavy atom. The van der Waals surface area contributed by atoms with Gasteiger partial charge in [-0.2, -0.15) is 0 Å². The van der Waals surface area contributed by atoms with E-state index in [1.54, 1.807) is 37.6 Å². The molecule has 3 rings (SSSR count). The largest absolute Gasteiger partial charge is 0.497 e. The number of benzene rings is 2. The van der Waals surface area contributed by atoms with Gasteiger partial charge in [0, 0.05) is 17.1 Å². The fraction of sp³-hybridized carbons (Fsp3) is 0.238. The topological polar surface area (TPSA) is 60.5 Å². The van der Waals surface area contributed by atoms with E-state index in [2.05, 4.69) is 17.2 Å². The molecule has 134 valence electrons. The molecule has 0 atom stereocenters. The number of rotatable bonds is 7. The number of unbranched alkanes of at least 4 members (excludes halogenated alkanes) is 1. The van der Waals surface area contributed by atoms with Crippen molar-refractivity contribution in [2.45, 2.75) is 19.8 Å². The van der Waals surface area contributed by atoms with E-state index in [0.717, 1.165) is 29.5 Å². The Labute approximate surface area is 153 Å². The monoisotopic (exact) mass is 350 g/mol. The third-order valence-corrected chi connectivity index (χ3v) is 4.09. The summed E-state index contributed by atoms with van der Waals surface area (Å²) in [5.74, 6) is 1.26. The molecule has 26 heavy (non-hydrogen) atoms. The maximum absolute atomic E-state index is 12.5. The lowest BCUT2D eigenvalue weighted by molar-refractivity contribution is 0.102. The van der Waals surface area contributed by atoms with Crippen molar-refractivity contribution in [1.29, 1.82) is 0 Å². The maximum Gasteiger partial charge on any atom is 0.255 e. The van der Waals surface area contributed by atoms with Gasteiger partial charge in [-0.3, -0.25) is 9.78 Å². The Morgan fingerprint density at radius 1 is 1.12 bits per heavy atom. The van der Waals surface area contributed by atoms with E-state index in [0.29, 0.717) is 23.6 Å². The van der Waals surface area contributed by atoms with Crippen LogP contribution >= 0.6 is 0 Å². The van der Waals surface area contributed by atoms with Crippen molar-refractivity contribution in [3.63, 3.8) is 0 Å².